The highest BCUT2D eigenvalue weighted by molar-refractivity contribution is 7.15. The van der Waals surface area contributed by atoms with Crippen LogP contribution in [-0.2, 0) is 9.53 Å². The van der Waals surface area contributed by atoms with Gasteiger partial charge in [-0.15, -0.1) is 11.3 Å². The van der Waals surface area contributed by atoms with Crippen molar-refractivity contribution in [3.8, 4) is 11.3 Å². The molecule has 1 N–H and O–H groups in total. The second kappa shape index (κ2) is 9.36. The Morgan fingerprint density at radius 1 is 1.36 bits per heavy atom. The van der Waals surface area contributed by atoms with Gasteiger partial charge in [0.15, 0.2) is 0 Å². The summed E-state index contributed by atoms with van der Waals surface area (Å²) in [6.45, 7) is 4.12. The molecule has 0 bridgehead atoms. The molecular weight excluding hydrogens is 378 g/mol. The van der Waals surface area contributed by atoms with E-state index in [-0.39, 0.29) is 12.5 Å². The van der Waals surface area contributed by atoms with E-state index in [1.165, 1.54) is 11.3 Å². The van der Waals surface area contributed by atoms with Crippen LogP contribution in [-0.4, -0.2) is 68.1 Å². The molecule has 0 atom stereocenters. The second-order valence-electron chi connectivity index (χ2n) is 7.07. The van der Waals surface area contributed by atoms with Gasteiger partial charge in [-0.25, -0.2) is 4.79 Å². The molecule has 2 aromatic rings. The van der Waals surface area contributed by atoms with Crippen molar-refractivity contribution in [3.05, 3.63) is 29.3 Å². The number of rotatable bonds is 7. The molecule has 1 amide bonds. The van der Waals surface area contributed by atoms with E-state index in [2.05, 4.69) is 29.2 Å². The molecule has 0 spiro atoms. The Kier molecular flexibility index (Phi) is 6.88. The third kappa shape index (κ3) is 4.81. The summed E-state index contributed by atoms with van der Waals surface area (Å²) in [6.07, 6.45) is 3.66. The van der Waals surface area contributed by atoms with E-state index in [1.807, 2.05) is 5.38 Å². The first kappa shape index (κ1) is 20.6. The van der Waals surface area contributed by atoms with E-state index in [4.69, 9.17) is 9.15 Å². The van der Waals surface area contributed by atoms with Crippen LogP contribution >= 0.6 is 11.3 Å². The molecule has 2 aromatic heterocycles. The Hall–Kier alpha value is -2.16. The van der Waals surface area contributed by atoms with Gasteiger partial charge in [0.25, 0.3) is 0 Å². The number of nitrogens with zero attached hydrogens (tertiary/aromatic N) is 2. The number of thiophene rings is 1. The highest BCUT2D eigenvalue weighted by Crippen LogP contribution is 2.36. The molecule has 0 aromatic carbocycles. The zero-order valence-electron chi connectivity index (χ0n) is 16.6. The van der Waals surface area contributed by atoms with Crippen molar-refractivity contribution in [2.75, 3.05) is 45.7 Å². The Bertz CT molecular complexity index is 792. The lowest BCUT2D eigenvalue weighted by Crippen LogP contribution is -2.44. The SMILES string of the molecule is CCOC(=O)c1c(-c2ccco2)csc1NC(=O)CN1CCC(N(C)C)CC1. The summed E-state index contributed by atoms with van der Waals surface area (Å²) < 4.78 is 10.6. The van der Waals surface area contributed by atoms with Gasteiger partial charge in [0.1, 0.15) is 16.3 Å². The average molecular weight is 406 g/mol. The number of esters is 1. The molecule has 1 aliphatic heterocycles. The minimum Gasteiger partial charge on any atom is -0.464 e. The van der Waals surface area contributed by atoms with Crippen LogP contribution in [0.2, 0.25) is 0 Å². The number of hydrogen-bond acceptors (Lipinski definition) is 7. The average Bonchev–Trinajstić information content (AvgIpc) is 3.31. The van der Waals surface area contributed by atoms with E-state index in [9.17, 15) is 9.59 Å². The van der Waals surface area contributed by atoms with E-state index in [1.54, 1.807) is 25.3 Å². The topological polar surface area (TPSA) is 75.0 Å². The summed E-state index contributed by atoms with van der Waals surface area (Å²) in [5.74, 6) is -0.00972. The smallest absolute Gasteiger partial charge is 0.341 e. The molecule has 7 nitrogen and oxygen atoms in total. The summed E-state index contributed by atoms with van der Waals surface area (Å²) in [4.78, 5) is 29.5. The number of anilines is 1. The van der Waals surface area contributed by atoms with Crippen LogP contribution in [0.1, 0.15) is 30.1 Å². The maximum absolute atomic E-state index is 12.6. The molecule has 0 aliphatic carbocycles. The molecule has 3 rings (SSSR count). The number of ether oxygens (including phenoxy) is 1. The van der Waals surface area contributed by atoms with Crippen molar-refractivity contribution < 1.29 is 18.7 Å². The van der Waals surface area contributed by atoms with Crippen molar-refractivity contribution in [1.82, 2.24) is 9.80 Å². The van der Waals surface area contributed by atoms with Gasteiger partial charge in [-0.2, -0.15) is 0 Å². The van der Waals surface area contributed by atoms with Crippen LogP contribution < -0.4 is 5.32 Å². The Balaban J connectivity index is 1.68. The first-order valence-electron chi connectivity index (χ1n) is 9.50. The van der Waals surface area contributed by atoms with Crippen molar-refractivity contribution >= 4 is 28.2 Å². The fourth-order valence-electron chi connectivity index (χ4n) is 3.43. The number of likely N-dealkylation sites (tertiary alicyclic amines) is 1. The number of carbonyl (C=O) groups is 2. The van der Waals surface area contributed by atoms with E-state index >= 15 is 0 Å². The number of furan rings is 1. The molecule has 1 saturated heterocycles. The van der Waals surface area contributed by atoms with Gasteiger partial charge in [0.05, 0.1) is 19.4 Å². The van der Waals surface area contributed by atoms with Gasteiger partial charge in [0, 0.05) is 30.1 Å². The molecule has 0 radical (unpaired) electrons. The van der Waals surface area contributed by atoms with Crippen LogP contribution in [0, 0.1) is 0 Å². The molecule has 152 valence electrons. The van der Waals surface area contributed by atoms with Gasteiger partial charge in [-0.3, -0.25) is 9.69 Å². The number of hydrogen-bond donors (Lipinski definition) is 1. The van der Waals surface area contributed by atoms with Gasteiger partial charge >= 0.3 is 5.97 Å². The summed E-state index contributed by atoms with van der Waals surface area (Å²) in [5, 5.41) is 5.21. The van der Waals surface area contributed by atoms with Crippen LogP contribution in [0.4, 0.5) is 5.00 Å². The predicted molar refractivity (Wildman–Crippen MR) is 110 cm³/mol. The highest BCUT2D eigenvalue weighted by atomic mass is 32.1. The molecule has 28 heavy (non-hydrogen) atoms. The van der Waals surface area contributed by atoms with E-state index in [0.717, 1.165) is 25.9 Å². The normalized spacial score (nSPS) is 15.7. The lowest BCUT2D eigenvalue weighted by Gasteiger charge is -2.34. The lowest BCUT2D eigenvalue weighted by atomic mass is 10.0. The third-order valence-electron chi connectivity index (χ3n) is 4.96. The summed E-state index contributed by atoms with van der Waals surface area (Å²) in [7, 11) is 4.19. The Labute approximate surface area is 169 Å². The summed E-state index contributed by atoms with van der Waals surface area (Å²) in [6, 6.07) is 4.12. The van der Waals surface area contributed by atoms with E-state index < -0.39 is 5.97 Å². The summed E-state index contributed by atoms with van der Waals surface area (Å²) >= 11 is 1.31. The largest absolute Gasteiger partial charge is 0.464 e. The first-order chi connectivity index (χ1) is 13.5. The van der Waals surface area contributed by atoms with Crippen LogP contribution in [0.5, 0.6) is 0 Å². The zero-order valence-corrected chi connectivity index (χ0v) is 17.4. The minimum atomic E-state index is -0.461. The Morgan fingerprint density at radius 2 is 2.11 bits per heavy atom. The number of nitrogens with one attached hydrogen (secondary N) is 1. The Morgan fingerprint density at radius 3 is 2.71 bits per heavy atom. The monoisotopic (exact) mass is 405 g/mol. The highest BCUT2D eigenvalue weighted by Gasteiger charge is 2.26. The van der Waals surface area contributed by atoms with Gasteiger partial charge in [-0.1, -0.05) is 0 Å². The zero-order chi connectivity index (χ0) is 20.1. The number of amides is 1. The minimum absolute atomic E-state index is 0.123. The van der Waals surface area contributed by atoms with Gasteiger partial charge in [0.2, 0.25) is 5.91 Å². The van der Waals surface area contributed by atoms with Crippen molar-refractivity contribution in [2.45, 2.75) is 25.8 Å². The van der Waals surface area contributed by atoms with Crippen molar-refractivity contribution in [3.63, 3.8) is 0 Å². The first-order valence-corrected chi connectivity index (χ1v) is 10.4. The second-order valence-corrected chi connectivity index (χ2v) is 7.95. The van der Waals surface area contributed by atoms with E-state index in [0.29, 0.717) is 34.5 Å². The molecule has 8 heteroatoms. The van der Waals surface area contributed by atoms with Gasteiger partial charge in [-0.05, 0) is 46.0 Å². The molecular formula is C20H27N3O4S. The lowest BCUT2D eigenvalue weighted by molar-refractivity contribution is -0.117. The van der Waals surface area contributed by atoms with Crippen LogP contribution in [0.3, 0.4) is 0 Å². The maximum atomic E-state index is 12.6. The molecule has 0 unspecified atom stereocenters. The molecule has 0 saturated carbocycles. The third-order valence-corrected chi connectivity index (χ3v) is 5.86. The fourth-order valence-corrected chi connectivity index (χ4v) is 4.39. The van der Waals surface area contributed by atoms with Crippen LogP contribution in [0.15, 0.2) is 28.2 Å². The molecule has 1 aliphatic rings. The fraction of sp³-hybridized carbons (Fsp3) is 0.500. The van der Waals surface area contributed by atoms with Crippen molar-refractivity contribution in [1.29, 1.82) is 0 Å². The summed E-state index contributed by atoms with van der Waals surface area (Å²) in [5.41, 5.74) is 0.983. The quantitative estimate of drug-likeness (QED) is 0.714. The van der Waals surface area contributed by atoms with Crippen LogP contribution in [0.25, 0.3) is 11.3 Å². The number of carbonyl (C=O) groups excluding carboxylic acids is 2. The van der Waals surface area contributed by atoms with Gasteiger partial charge < -0.3 is 19.4 Å². The maximum Gasteiger partial charge on any atom is 0.341 e. The molecule has 1 fully saturated rings. The van der Waals surface area contributed by atoms with Crippen molar-refractivity contribution in [2.24, 2.45) is 0 Å². The molecule has 3 heterocycles. The standard InChI is InChI=1S/C20H27N3O4S/c1-4-26-20(25)18-15(16-6-5-11-27-16)13-28-19(18)21-17(24)12-23-9-7-14(8-10-23)22(2)3/h5-6,11,13-14H,4,7-10,12H2,1-3H3,(H,21,24). The number of piperidine rings is 1. The predicted octanol–water partition coefficient (Wildman–Crippen LogP) is 3.15.